The molecule has 3 nitrogen and oxygen atoms in total. The van der Waals surface area contributed by atoms with E-state index in [-0.39, 0.29) is 5.56 Å². The molecule has 26 heavy (non-hydrogen) atoms. The normalized spacial score (nSPS) is 15.4. The van der Waals surface area contributed by atoms with Gasteiger partial charge >= 0.3 is 0 Å². The minimum absolute atomic E-state index is 0.00347. The fourth-order valence-electron chi connectivity index (χ4n) is 3.86. The summed E-state index contributed by atoms with van der Waals surface area (Å²) in [4.78, 5) is 20.7. The highest BCUT2D eigenvalue weighted by molar-refractivity contribution is 7.99. The summed E-state index contributed by atoms with van der Waals surface area (Å²) in [7, 11) is 0. The van der Waals surface area contributed by atoms with Crippen molar-refractivity contribution in [2.75, 3.05) is 0 Å². The number of H-pyrrole nitrogens is 1. The third-order valence-corrected chi connectivity index (χ3v) is 6.44. The standard InChI is InChI=1S/C22H24N2OS/c1-2-17-20(19-14-8-10-15-9-6-7-13-18(15)19)23-22(24-21(17)25)26-16-11-4-3-5-12-16/h6-10,13-14,16H,2-5,11-12H2,1H3,(H,23,24,25). The third-order valence-electron chi connectivity index (χ3n) is 5.22. The summed E-state index contributed by atoms with van der Waals surface area (Å²) in [5, 5.41) is 3.66. The first kappa shape index (κ1) is 17.3. The van der Waals surface area contributed by atoms with Gasteiger partial charge in [-0.2, -0.15) is 0 Å². The predicted molar refractivity (Wildman–Crippen MR) is 110 cm³/mol. The van der Waals surface area contributed by atoms with Gasteiger partial charge in [0.25, 0.3) is 5.56 Å². The van der Waals surface area contributed by atoms with Crippen LogP contribution in [0.2, 0.25) is 0 Å². The predicted octanol–water partition coefficient (Wildman–Crippen LogP) is 5.58. The first-order valence-corrected chi connectivity index (χ1v) is 10.4. The van der Waals surface area contributed by atoms with E-state index in [0.717, 1.165) is 27.4 Å². The molecule has 1 heterocycles. The summed E-state index contributed by atoms with van der Waals surface area (Å²) in [5.41, 5.74) is 2.67. The maximum absolute atomic E-state index is 12.7. The van der Waals surface area contributed by atoms with Gasteiger partial charge in [-0.3, -0.25) is 4.79 Å². The van der Waals surface area contributed by atoms with Crippen molar-refractivity contribution in [3.63, 3.8) is 0 Å². The zero-order valence-corrected chi connectivity index (χ0v) is 15.9. The van der Waals surface area contributed by atoms with Gasteiger partial charge in [0.05, 0.1) is 5.69 Å². The maximum atomic E-state index is 12.7. The van der Waals surface area contributed by atoms with Crippen LogP contribution in [0, 0.1) is 0 Å². The van der Waals surface area contributed by atoms with Gasteiger partial charge in [-0.25, -0.2) is 4.98 Å². The molecular formula is C22H24N2OS. The van der Waals surface area contributed by atoms with E-state index in [0.29, 0.717) is 11.7 Å². The topological polar surface area (TPSA) is 45.8 Å². The van der Waals surface area contributed by atoms with Gasteiger partial charge in [0, 0.05) is 16.4 Å². The minimum atomic E-state index is 0.00347. The third kappa shape index (κ3) is 3.43. The number of hydrogen-bond donors (Lipinski definition) is 1. The maximum Gasteiger partial charge on any atom is 0.255 e. The lowest BCUT2D eigenvalue weighted by Crippen LogP contribution is -2.18. The SMILES string of the molecule is CCc1c(-c2cccc3ccccc23)nc(SC2CCCCC2)[nH]c1=O. The van der Waals surface area contributed by atoms with Crippen molar-refractivity contribution < 1.29 is 0 Å². The van der Waals surface area contributed by atoms with Gasteiger partial charge in [-0.1, -0.05) is 80.4 Å². The number of rotatable bonds is 4. The molecule has 0 unspecified atom stereocenters. The second-order valence-electron chi connectivity index (χ2n) is 6.96. The highest BCUT2D eigenvalue weighted by atomic mass is 32.2. The van der Waals surface area contributed by atoms with E-state index >= 15 is 0 Å². The highest BCUT2D eigenvalue weighted by Gasteiger charge is 2.19. The molecule has 4 heteroatoms. The Kier molecular flexibility index (Phi) is 5.11. The van der Waals surface area contributed by atoms with Gasteiger partial charge in [0.15, 0.2) is 5.16 Å². The first-order valence-electron chi connectivity index (χ1n) is 9.54. The summed E-state index contributed by atoms with van der Waals surface area (Å²) in [6, 6.07) is 14.5. The van der Waals surface area contributed by atoms with E-state index < -0.39 is 0 Å². The van der Waals surface area contributed by atoms with E-state index in [1.807, 2.05) is 25.1 Å². The molecular weight excluding hydrogens is 340 g/mol. The molecule has 1 aliphatic rings. The molecule has 4 rings (SSSR count). The molecule has 2 aromatic carbocycles. The molecule has 1 aromatic heterocycles. The van der Waals surface area contributed by atoms with Crippen molar-refractivity contribution >= 4 is 22.5 Å². The smallest absolute Gasteiger partial charge is 0.255 e. The summed E-state index contributed by atoms with van der Waals surface area (Å²) < 4.78 is 0. The summed E-state index contributed by atoms with van der Waals surface area (Å²) in [6.07, 6.45) is 7.00. The quantitative estimate of drug-likeness (QED) is 0.615. The molecule has 0 radical (unpaired) electrons. The van der Waals surface area contributed by atoms with Gasteiger partial charge < -0.3 is 4.98 Å². The summed E-state index contributed by atoms with van der Waals surface area (Å²) >= 11 is 1.75. The van der Waals surface area contributed by atoms with Crippen LogP contribution in [0.1, 0.15) is 44.6 Å². The minimum Gasteiger partial charge on any atom is -0.301 e. The molecule has 1 fully saturated rings. The van der Waals surface area contributed by atoms with Crippen molar-refractivity contribution in [3.05, 3.63) is 58.4 Å². The van der Waals surface area contributed by atoms with Gasteiger partial charge in [-0.05, 0) is 30.0 Å². The fourth-order valence-corrected chi connectivity index (χ4v) is 5.04. The van der Waals surface area contributed by atoms with E-state index in [9.17, 15) is 4.79 Å². The van der Waals surface area contributed by atoms with Crippen LogP contribution in [-0.4, -0.2) is 15.2 Å². The lowest BCUT2D eigenvalue weighted by molar-refractivity contribution is 0.515. The molecule has 1 saturated carbocycles. The second kappa shape index (κ2) is 7.67. The van der Waals surface area contributed by atoms with Crippen LogP contribution >= 0.6 is 11.8 Å². The molecule has 0 amide bonds. The number of aromatic nitrogens is 2. The molecule has 0 aliphatic heterocycles. The molecule has 3 aromatic rings. The number of thioether (sulfide) groups is 1. The Hall–Kier alpha value is -2.07. The van der Waals surface area contributed by atoms with Crippen LogP contribution in [-0.2, 0) is 6.42 Å². The summed E-state index contributed by atoms with van der Waals surface area (Å²) in [5.74, 6) is 0. The molecule has 0 atom stereocenters. The van der Waals surface area contributed by atoms with Crippen molar-refractivity contribution in [3.8, 4) is 11.3 Å². The van der Waals surface area contributed by atoms with Crippen LogP contribution in [0.5, 0.6) is 0 Å². The molecule has 0 bridgehead atoms. The van der Waals surface area contributed by atoms with Gasteiger partial charge in [-0.15, -0.1) is 0 Å². The number of hydrogen-bond acceptors (Lipinski definition) is 3. The molecule has 0 spiro atoms. The van der Waals surface area contributed by atoms with Crippen LogP contribution in [0.25, 0.3) is 22.0 Å². The first-order chi connectivity index (χ1) is 12.8. The second-order valence-corrected chi connectivity index (χ2v) is 8.25. The van der Waals surface area contributed by atoms with E-state index in [1.165, 1.54) is 37.5 Å². The Morgan fingerprint density at radius 1 is 1.08 bits per heavy atom. The Morgan fingerprint density at radius 3 is 2.65 bits per heavy atom. The molecule has 1 aliphatic carbocycles. The van der Waals surface area contributed by atoms with Crippen LogP contribution in [0.15, 0.2) is 52.4 Å². The zero-order chi connectivity index (χ0) is 17.9. The molecule has 134 valence electrons. The number of nitrogens with zero attached hydrogens (tertiary/aromatic N) is 1. The van der Waals surface area contributed by atoms with Crippen molar-refractivity contribution in [1.29, 1.82) is 0 Å². The number of benzene rings is 2. The Bertz CT molecular complexity index is 968. The molecule has 1 N–H and O–H groups in total. The van der Waals surface area contributed by atoms with E-state index in [2.05, 4.69) is 29.2 Å². The van der Waals surface area contributed by atoms with Crippen LogP contribution < -0.4 is 5.56 Å². The average molecular weight is 365 g/mol. The Morgan fingerprint density at radius 2 is 1.85 bits per heavy atom. The zero-order valence-electron chi connectivity index (χ0n) is 15.1. The molecule has 0 saturated heterocycles. The van der Waals surface area contributed by atoms with Crippen LogP contribution in [0.3, 0.4) is 0 Å². The lowest BCUT2D eigenvalue weighted by atomic mass is 9.99. The lowest BCUT2D eigenvalue weighted by Gasteiger charge is -2.20. The largest absolute Gasteiger partial charge is 0.301 e. The summed E-state index contributed by atoms with van der Waals surface area (Å²) in [6.45, 7) is 2.02. The average Bonchev–Trinajstić information content (AvgIpc) is 2.68. The number of aromatic amines is 1. The Labute approximate surface area is 158 Å². The number of fused-ring (bicyclic) bond motifs is 1. The van der Waals surface area contributed by atoms with E-state index in [4.69, 9.17) is 4.98 Å². The van der Waals surface area contributed by atoms with Gasteiger partial charge in [0.2, 0.25) is 0 Å². The fraction of sp³-hybridized carbons (Fsp3) is 0.364. The van der Waals surface area contributed by atoms with Crippen molar-refractivity contribution in [2.45, 2.75) is 55.9 Å². The van der Waals surface area contributed by atoms with Crippen LogP contribution in [0.4, 0.5) is 0 Å². The Balaban J connectivity index is 1.82. The van der Waals surface area contributed by atoms with Crippen molar-refractivity contribution in [1.82, 2.24) is 9.97 Å². The van der Waals surface area contributed by atoms with E-state index in [1.54, 1.807) is 11.8 Å². The van der Waals surface area contributed by atoms with Gasteiger partial charge in [0.1, 0.15) is 0 Å². The monoisotopic (exact) mass is 364 g/mol. The number of nitrogens with one attached hydrogen (secondary N) is 1. The highest BCUT2D eigenvalue weighted by Crippen LogP contribution is 2.34. The van der Waals surface area contributed by atoms with Crippen molar-refractivity contribution in [2.24, 2.45) is 0 Å².